The highest BCUT2D eigenvalue weighted by molar-refractivity contribution is 5.08. The van der Waals surface area contributed by atoms with Crippen molar-refractivity contribution in [3.8, 4) is 0 Å². The molecule has 0 aromatic rings. The topological polar surface area (TPSA) is 20.2 Å². The van der Waals surface area contributed by atoms with Gasteiger partial charge in [-0.15, -0.1) is 0 Å². The Labute approximate surface area is 62.4 Å². The van der Waals surface area contributed by atoms with Crippen molar-refractivity contribution in [1.29, 1.82) is 0 Å². The van der Waals surface area contributed by atoms with E-state index in [1.165, 1.54) is 25.7 Å². The molecular formula is C9H16O. The number of rotatable bonds is 0. The van der Waals surface area contributed by atoms with Gasteiger partial charge in [-0.2, -0.15) is 0 Å². The van der Waals surface area contributed by atoms with Crippen LogP contribution >= 0.6 is 0 Å². The lowest BCUT2D eigenvalue weighted by atomic mass is 9.79. The zero-order valence-electron chi connectivity index (χ0n) is 6.85. The van der Waals surface area contributed by atoms with Gasteiger partial charge >= 0.3 is 0 Å². The Kier molecular flexibility index (Phi) is 1.05. The zero-order chi connectivity index (χ0) is 7.41. The molecule has 0 saturated heterocycles. The van der Waals surface area contributed by atoms with Gasteiger partial charge in [0, 0.05) is 0 Å². The van der Waals surface area contributed by atoms with E-state index >= 15 is 0 Å². The third-order valence-corrected chi connectivity index (χ3v) is 4.11. The fourth-order valence-electron chi connectivity index (χ4n) is 2.82. The summed E-state index contributed by atoms with van der Waals surface area (Å²) >= 11 is 0. The first-order valence-corrected chi connectivity index (χ1v) is 4.29. The van der Waals surface area contributed by atoms with Crippen molar-refractivity contribution >= 4 is 0 Å². The summed E-state index contributed by atoms with van der Waals surface area (Å²) in [4.78, 5) is 0. The highest BCUT2D eigenvalue weighted by Gasteiger charge is 2.57. The molecule has 0 amide bonds. The summed E-state index contributed by atoms with van der Waals surface area (Å²) < 4.78 is 0. The van der Waals surface area contributed by atoms with Gasteiger partial charge in [-0.3, -0.25) is 0 Å². The molecule has 0 spiro atoms. The summed E-state index contributed by atoms with van der Waals surface area (Å²) in [7, 11) is 0. The quantitative estimate of drug-likeness (QED) is 0.545. The Balaban J connectivity index is 2.37. The lowest BCUT2D eigenvalue weighted by molar-refractivity contribution is -0.0319. The molecule has 10 heavy (non-hydrogen) atoms. The largest absolute Gasteiger partial charge is 0.389 e. The summed E-state index contributed by atoms with van der Waals surface area (Å²) in [5.41, 5.74) is -0.0787. The average Bonchev–Trinajstić information content (AvgIpc) is 2.18. The van der Waals surface area contributed by atoms with Crippen molar-refractivity contribution in [1.82, 2.24) is 0 Å². The van der Waals surface area contributed by atoms with Gasteiger partial charge in [0.1, 0.15) is 0 Å². The number of hydrogen-bond acceptors (Lipinski definition) is 1. The fraction of sp³-hybridized carbons (Fsp3) is 1.00. The Morgan fingerprint density at radius 3 is 1.80 bits per heavy atom. The molecule has 0 radical (unpaired) electrons. The van der Waals surface area contributed by atoms with Crippen molar-refractivity contribution in [3.05, 3.63) is 0 Å². The molecule has 2 rings (SSSR count). The van der Waals surface area contributed by atoms with Gasteiger partial charge in [-0.25, -0.2) is 0 Å². The molecule has 0 aromatic carbocycles. The van der Waals surface area contributed by atoms with Gasteiger partial charge in [0.25, 0.3) is 0 Å². The molecule has 2 aliphatic rings. The van der Waals surface area contributed by atoms with E-state index in [9.17, 15) is 5.11 Å². The van der Waals surface area contributed by atoms with Gasteiger partial charge in [-0.05, 0) is 43.9 Å². The standard InChI is InChI=1S/C9H16O/c1-8-5-3-7(4-6-8)9(8,2)10/h7,10H,3-6H2,1-2H3. The number of fused-ring (bicyclic) bond motifs is 2. The van der Waals surface area contributed by atoms with E-state index in [1.807, 2.05) is 6.92 Å². The first-order valence-electron chi connectivity index (χ1n) is 4.29. The van der Waals surface area contributed by atoms with Crippen LogP contribution in [0.15, 0.2) is 0 Å². The lowest BCUT2D eigenvalue weighted by Gasteiger charge is -2.32. The fourth-order valence-corrected chi connectivity index (χ4v) is 2.82. The molecule has 2 fully saturated rings. The van der Waals surface area contributed by atoms with Gasteiger partial charge in [0.2, 0.25) is 0 Å². The minimum atomic E-state index is -0.340. The van der Waals surface area contributed by atoms with Crippen molar-refractivity contribution in [2.45, 2.75) is 45.1 Å². The first-order chi connectivity index (χ1) is 4.56. The van der Waals surface area contributed by atoms with Gasteiger partial charge in [-0.1, -0.05) is 6.92 Å². The summed E-state index contributed by atoms with van der Waals surface area (Å²) in [5.74, 6) is 0.609. The van der Waals surface area contributed by atoms with Crippen LogP contribution in [0.4, 0.5) is 0 Å². The van der Waals surface area contributed by atoms with Crippen LogP contribution in [0.3, 0.4) is 0 Å². The maximum atomic E-state index is 10.1. The Morgan fingerprint density at radius 1 is 1.20 bits per heavy atom. The molecule has 58 valence electrons. The highest BCUT2D eigenvalue weighted by Crippen LogP contribution is 2.60. The van der Waals surface area contributed by atoms with Crippen LogP contribution in [-0.4, -0.2) is 10.7 Å². The second-order valence-corrected chi connectivity index (χ2v) is 4.48. The molecule has 2 saturated carbocycles. The molecule has 0 aliphatic heterocycles. The van der Waals surface area contributed by atoms with E-state index in [0.29, 0.717) is 5.92 Å². The smallest absolute Gasteiger partial charge is 0.0701 e. The third kappa shape index (κ3) is 0.531. The molecule has 1 heteroatoms. The van der Waals surface area contributed by atoms with Gasteiger partial charge < -0.3 is 5.11 Å². The van der Waals surface area contributed by atoms with Crippen molar-refractivity contribution in [2.24, 2.45) is 11.3 Å². The van der Waals surface area contributed by atoms with Crippen LogP contribution in [0.5, 0.6) is 0 Å². The molecule has 1 atom stereocenters. The summed E-state index contributed by atoms with van der Waals surface area (Å²) in [5, 5.41) is 10.1. The van der Waals surface area contributed by atoms with E-state index < -0.39 is 0 Å². The van der Waals surface area contributed by atoms with E-state index in [4.69, 9.17) is 0 Å². The van der Waals surface area contributed by atoms with Crippen LogP contribution in [0.25, 0.3) is 0 Å². The molecule has 1 nitrogen and oxygen atoms in total. The van der Waals surface area contributed by atoms with E-state index in [-0.39, 0.29) is 11.0 Å². The lowest BCUT2D eigenvalue weighted by Crippen LogP contribution is -2.37. The predicted octanol–water partition coefficient (Wildman–Crippen LogP) is 1.95. The molecular weight excluding hydrogens is 124 g/mol. The second kappa shape index (κ2) is 1.58. The van der Waals surface area contributed by atoms with Crippen molar-refractivity contribution in [2.75, 3.05) is 0 Å². The first kappa shape index (κ1) is 6.66. The molecule has 2 bridgehead atoms. The molecule has 1 N–H and O–H groups in total. The second-order valence-electron chi connectivity index (χ2n) is 4.48. The van der Waals surface area contributed by atoms with E-state index in [2.05, 4.69) is 6.92 Å². The maximum absolute atomic E-state index is 10.1. The minimum Gasteiger partial charge on any atom is -0.389 e. The Hall–Kier alpha value is -0.0400. The summed E-state index contributed by atoms with van der Waals surface area (Å²) in [6.07, 6.45) is 4.99. The number of aliphatic hydroxyl groups is 1. The average molecular weight is 140 g/mol. The van der Waals surface area contributed by atoms with Crippen molar-refractivity contribution in [3.63, 3.8) is 0 Å². The van der Waals surface area contributed by atoms with Crippen molar-refractivity contribution < 1.29 is 5.11 Å². The molecule has 1 unspecified atom stereocenters. The van der Waals surface area contributed by atoms with E-state index in [1.54, 1.807) is 0 Å². The van der Waals surface area contributed by atoms with Crippen LogP contribution in [0.1, 0.15) is 39.5 Å². The van der Waals surface area contributed by atoms with Crippen LogP contribution < -0.4 is 0 Å². The molecule has 0 heterocycles. The SMILES string of the molecule is CC12CCC(CC1)C2(C)O. The number of hydrogen-bond donors (Lipinski definition) is 1. The molecule has 2 aliphatic carbocycles. The zero-order valence-corrected chi connectivity index (χ0v) is 6.85. The summed E-state index contributed by atoms with van der Waals surface area (Å²) in [6.45, 7) is 4.26. The van der Waals surface area contributed by atoms with Crippen LogP contribution in [0, 0.1) is 11.3 Å². The monoisotopic (exact) mass is 140 g/mol. The maximum Gasteiger partial charge on any atom is 0.0701 e. The highest BCUT2D eigenvalue weighted by atomic mass is 16.3. The van der Waals surface area contributed by atoms with Gasteiger partial charge in [0.15, 0.2) is 0 Å². The normalized spacial score (nSPS) is 59.7. The predicted molar refractivity (Wildman–Crippen MR) is 40.7 cm³/mol. The van der Waals surface area contributed by atoms with E-state index in [0.717, 1.165) is 0 Å². The Bertz CT molecular complexity index is 149. The third-order valence-electron chi connectivity index (χ3n) is 4.11. The Morgan fingerprint density at radius 2 is 1.70 bits per heavy atom. The molecule has 0 aromatic heterocycles. The van der Waals surface area contributed by atoms with Gasteiger partial charge in [0.05, 0.1) is 5.60 Å². The van der Waals surface area contributed by atoms with Crippen LogP contribution in [0.2, 0.25) is 0 Å². The minimum absolute atomic E-state index is 0.262. The summed E-state index contributed by atoms with van der Waals surface area (Å²) in [6, 6.07) is 0. The van der Waals surface area contributed by atoms with Crippen LogP contribution in [-0.2, 0) is 0 Å².